The molecule has 0 unspecified atom stereocenters. The van der Waals surface area contributed by atoms with Crippen LogP contribution in [-0.4, -0.2) is 43.3 Å². The average molecular weight is 399 g/mol. The molecule has 0 saturated carbocycles. The number of aryl methyl sites for hydroxylation is 1. The third-order valence-corrected chi connectivity index (χ3v) is 5.27. The summed E-state index contributed by atoms with van der Waals surface area (Å²) in [5.41, 5.74) is 3.86. The van der Waals surface area contributed by atoms with Crippen molar-refractivity contribution in [1.29, 1.82) is 0 Å². The molecule has 146 valence electrons. The summed E-state index contributed by atoms with van der Waals surface area (Å²) in [4.78, 5) is 10.2. The Labute approximate surface area is 168 Å². The highest BCUT2D eigenvalue weighted by Gasteiger charge is 2.27. The van der Waals surface area contributed by atoms with Crippen LogP contribution in [-0.2, 0) is 0 Å². The Bertz CT molecular complexity index is 983. The molecule has 0 bridgehead atoms. The van der Waals surface area contributed by atoms with E-state index in [1.807, 2.05) is 31.2 Å². The van der Waals surface area contributed by atoms with E-state index in [1.165, 1.54) is 0 Å². The van der Waals surface area contributed by atoms with Gasteiger partial charge in [0.05, 0.1) is 16.4 Å². The number of hydrogen-bond acceptors (Lipinski definition) is 6. The maximum absolute atomic E-state index is 6.33. The first-order chi connectivity index (χ1) is 13.5. The highest BCUT2D eigenvalue weighted by molar-refractivity contribution is 6.32. The van der Waals surface area contributed by atoms with Crippen LogP contribution in [0.1, 0.15) is 37.1 Å². The molecular formula is C19H23ClN8. The topological polar surface area (TPSA) is 87.6 Å². The lowest BCUT2D eigenvalue weighted by molar-refractivity contribution is 0.488. The van der Waals surface area contributed by atoms with Gasteiger partial charge >= 0.3 is 0 Å². The molecule has 3 aromatic rings. The van der Waals surface area contributed by atoms with E-state index in [2.05, 4.69) is 44.2 Å². The molecule has 0 spiro atoms. The largest absolute Gasteiger partial charge is 0.339 e. The van der Waals surface area contributed by atoms with Crippen molar-refractivity contribution in [3.8, 4) is 5.69 Å². The number of rotatable bonds is 5. The maximum Gasteiger partial charge on any atom is 0.250 e. The summed E-state index contributed by atoms with van der Waals surface area (Å²) >= 11 is 6.33. The van der Waals surface area contributed by atoms with Gasteiger partial charge in [-0.1, -0.05) is 35.4 Å². The van der Waals surface area contributed by atoms with Crippen molar-refractivity contribution in [2.24, 2.45) is 0 Å². The van der Waals surface area contributed by atoms with Gasteiger partial charge in [-0.3, -0.25) is 0 Å². The molecule has 0 aliphatic carbocycles. The second kappa shape index (κ2) is 7.63. The lowest BCUT2D eigenvalue weighted by Crippen LogP contribution is -2.35. The summed E-state index contributed by atoms with van der Waals surface area (Å²) in [6.07, 6.45) is 1.96. The molecule has 1 aliphatic heterocycles. The van der Waals surface area contributed by atoms with Crippen LogP contribution in [0.15, 0.2) is 36.5 Å². The monoisotopic (exact) mass is 398 g/mol. The molecule has 28 heavy (non-hydrogen) atoms. The lowest BCUT2D eigenvalue weighted by atomic mass is 9.93. The van der Waals surface area contributed by atoms with Crippen molar-refractivity contribution in [3.63, 3.8) is 0 Å². The van der Waals surface area contributed by atoms with Gasteiger partial charge < -0.3 is 15.2 Å². The fraction of sp³-hybridized carbons (Fsp3) is 0.368. The van der Waals surface area contributed by atoms with Crippen molar-refractivity contribution in [2.75, 3.05) is 23.3 Å². The predicted molar refractivity (Wildman–Crippen MR) is 110 cm³/mol. The number of aromatic amines is 1. The standard InChI is InChI=1S/C19H23ClN8/c1-12(2)21-18-22-13(3)17(23-18)14-8-10-27(11-9-14)19-24-25-26-28(19)16-7-5-4-6-15(16)20/h4-7,14H,1,8-11H2,2-3H3,(H2,21,22,23). The number of nitrogens with one attached hydrogen (secondary N) is 2. The number of halogens is 1. The number of tetrazole rings is 1. The predicted octanol–water partition coefficient (Wildman–Crippen LogP) is 3.68. The van der Waals surface area contributed by atoms with E-state index in [0.29, 0.717) is 10.9 Å². The van der Waals surface area contributed by atoms with E-state index in [1.54, 1.807) is 4.68 Å². The van der Waals surface area contributed by atoms with Gasteiger partial charge in [0, 0.05) is 30.4 Å². The number of H-pyrrole nitrogens is 1. The molecule has 9 heteroatoms. The molecule has 0 radical (unpaired) electrons. The number of para-hydroxylation sites is 1. The van der Waals surface area contributed by atoms with Crippen LogP contribution in [0.3, 0.4) is 0 Å². The molecule has 2 aromatic heterocycles. The molecule has 1 fully saturated rings. The molecule has 0 amide bonds. The van der Waals surface area contributed by atoms with Gasteiger partial charge in [-0.2, -0.15) is 4.68 Å². The molecule has 4 rings (SSSR count). The van der Waals surface area contributed by atoms with Crippen molar-refractivity contribution in [2.45, 2.75) is 32.6 Å². The number of benzene rings is 1. The van der Waals surface area contributed by atoms with Gasteiger partial charge in [0.25, 0.3) is 0 Å². The Hall–Kier alpha value is -2.87. The zero-order valence-corrected chi connectivity index (χ0v) is 16.7. The van der Waals surface area contributed by atoms with Crippen LogP contribution in [0.2, 0.25) is 5.02 Å². The minimum atomic E-state index is 0.401. The molecule has 2 N–H and O–H groups in total. The molecule has 1 aromatic carbocycles. The zero-order chi connectivity index (χ0) is 19.7. The first-order valence-electron chi connectivity index (χ1n) is 9.30. The molecule has 0 atom stereocenters. The van der Waals surface area contributed by atoms with E-state index in [0.717, 1.165) is 60.6 Å². The first kappa shape index (κ1) is 18.5. The fourth-order valence-corrected chi connectivity index (χ4v) is 3.86. The second-order valence-electron chi connectivity index (χ2n) is 7.10. The summed E-state index contributed by atoms with van der Waals surface area (Å²) in [5, 5.41) is 16.0. The fourth-order valence-electron chi connectivity index (χ4n) is 3.64. The smallest absolute Gasteiger partial charge is 0.250 e. The van der Waals surface area contributed by atoms with Gasteiger partial charge in [0.15, 0.2) is 0 Å². The van der Waals surface area contributed by atoms with E-state index < -0.39 is 0 Å². The number of aromatic nitrogens is 6. The zero-order valence-electron chi connectivity index (χ0n) is 16.0. The van der Waals surface area contributed by atoms with Gasteiger partial charge in [-0.05, 0) is 49.2 Å². The summed E-state index contributed by atoms with van der Waals surface area (Å²) in [7, 11) is 0. The maximum atomic E-state index is 6.33. The number of nitrogens with zero attached hydrogens (tertiary/aromatic N) is 6. The van der Waals surface area contributed by atoms with E-state index in [9.17, 15) is 0 Å². The van der Waals surface area contributed by atoms with E-state index >= 15 is 0 Å². The second-order valence-corrected chi connectivity index (χ2v) is 7.51. The summed E-state index contributed by atoms with van der Waals surface area (Å²) in [6, 6.07) is 7.57. The van der Waals surface area contributed by atoms with Crippen LogP contribution < -0.4 is 10.2 Å². The highest BCUT2D eigenvalue weighted by atomic mass is 35.5. The van der Waals surface area contributed by atoms with Crippen LogP contribution in [0.4, 0.5) is 11.9 Å². The summed E-state index contributed by atoms with van der Waals surface area (Å²) in [5.74, 6) is 1.87. The average Bonchev–Trinajstić information content (AvgIpc) is 3.28. The van der Waals surface area contributed by atoms with E-state index in [-0.39, 0.29) is 0 Å². The van der Waals surface area contributed by atoms with Gasteiger partial charge in [0.1, 0.15) is 0 Å². The van der Waals surface area contributed by atoms with Crippen LogP contribution in [0.5, 0.6) is 0 Å². The summed E-state index contributed by atoms with van der Waals surface area (Å²) in [6.45, 7) is 9.56. The minimum absolute atomic E-state index is 0.401. The minimum Gasteiger partial charge on any atom is -0.339 e. The molecule has 1 saturated heterocycles. The Morgan fingerprint density at radius 3 is 2.75 bits per heavy atom. The lowest BCUT2D eigenvalue weighted by Gasteiger charge is -2.31. The third kappa shape index (κ3) is 3.60. The molecule has 8 nitrogen and oxygen atoms in total. The Morgan fingerprint density at radius 1 is 1.29 bits per heavy atom. The van der Waals surface area contributed by atoms with Crippen molar-refractivity contribution in [1.82, 2.24) is 30.2 Å². The number of hydrogen-bond donors (Lipinski definition) is 2. The normalized spacial score (nSPS) is 15.0. The van der Waals surface area contributed by atoms with Gasteiger partial charge in [-0.25, -0.2) is 4.98 Å². The Kier molecular flexibility index (Phi) is 5.04. The first-order valence-corrected chi connectivity index (χ1v) is 9.68. The van der Waals surface area contributed by atoms with Crippen LogP contribution >= 0.6 is 11.6 Å². The SMILES string of the molecule is C=C(C)Nc1nc(C2CCN(c3nnnn3-c3ccccc3Cl)CC2)c(C)[nH]1. The van der Waals surface area contributed by atoms with Crippen molar-refractivity contribution in [3.05, 3.63) is 53.0 Å². The summed E-state index contributed by atoms with van der Waals surface area (Å²) < 4.78 is 1.71. The Balaban J connectivity index is 1.49. The number of allylic oxidation sites excluding steroid dienone is 1. The molecule has 1 aliphatic rings. The van der Waals surface area contributed by atoms with Gasteiger partial charge in [0.2, 0.25) is 11.9 Å². The number of imidazole rings is 1. The number of piperidine rings is 1. The highest BCUT2D eigenvalue weighted by Crippen LogP contribution is 2.32. The van der Waals surface area contributed by atoms with Gasteiger partial charge in [-0.15, -0.1) is 0 Å². The third-order valence-electron chi connectivity index (χ3n) is 4.95. The molecular weight excluding hydrogens is 376 g/mol. The van der Waals surface area contributed by atoms with Crippen LogP contribution in [0.25, 0.3) is 5.69 Å². The van der Waals surface area contributed by atoms with Crippen LogP contribution in [0, 0.1) is 6.92 Å². The van der Waals surface area contributed by atoms with Crippen molar-refractivity contribution < 1.29 is 0 Å². The quantitative estimate of drug-likeness (QED) is 0.681. The van der Waals surface area contributed by atoms with E-state index in [4.69, 9.17) is 16.6 Å². The van der Waals surface area contributed by atoms with Crippen molar-refractivity contribution >= 4 is 23.5 Å². The number of anilines is 2. The Morgan fingerprint density at radius 2 is 2.04 bits per heavy atom. The molecule has 3 heterocycles.